The fourth-order valence-electron chi connectivity index (χ4n) is 0.0781. The van der Waals surface area contributed by atoms with Gasteiger partial charge in [0.05, 0.1) is 0 Å². The average molecular weight is 525 g/mol. The van der Waals surface area contributed by atoms with Gasteiger partial charge in [-0.2, -0.15) is 0 Å². The first-order chi connectivity index (χ1) is 8.38. The summed E-state index contributed by atoms with van der Waals surface area (Å²) in [5, 5.41) is 15.8. The molecule has 0 saturated heterocycles. The third-order valence-corrected chi connectivity index (χ3v) is 0.481. The first kappa shape index (κ1) is 33.1. The van der Waals surface area contributed by atoms with Gasteiger partial charge in [0.25, 0.3) is 5.97 Å². The van der Waals surface area contributed by atoms with E-state index in [1.807, 2.05) is 0 Å². The topological polar surface area (TPSA) is 81.3 Å². The number of aliphatic carboxylic acids is 1. The van der Waals surface area contributed by atoms with Crippen LogP contribution in [0.5, 0.6) is 0 Å². The molecule has 0 heterocycles. The van der Waals surface area contributed by atoms with Crippen LogP contribution in [0.2, 0.25) is 0 Å². The van der Waals surface area contributed by atoms with E-state index >= 15 is 0 Å². The fraction of sp³-hybridized carbons (Fsp3) is 0.917. The molecule has 0 aliphatic carbocycles. The molecule has 0 bridgehead atoms. The number of aliphatic hydroxyl groups is 1. The van der Waals surface area contributed by atoms with Crippen molar-refractivity contribution in [3.8, 4) is 0 Å². The van der Waals surface area contributed by atoms with Crippen molar-refractivity contribution in [2.45, 2.75) is 6.04 Å². The number of nitrogens with one attached hydrogen (secondary N) is 1. The second-order valence-electron chi connectivity index (χ2n) is 5.10. The van der Waals surface area contributed by atoms with Gasteiger partial charge < -0.3 is 15.9 Å². The number of hydrogen-bond donors (Lipinski definition) is 2. The van der Waals surface area contributed by atoms with Gasteiger partial charge in [0.2, 0.25) is 0 Å². The van der Waals surface area contributed by atoms with Crippen LogP contribution < -0.4 is 0 Å². The van der Waals surface area contributed by atoms with Gasteiger partial charge in [0, 0.05) is 26.7 Å². The number of aliphatic hydroxyl groups excluding tert-OH is 1. The zero-order valence-corrected chi connectivity index (χ0v) is 19.3. The van der Waals surface area contributed by atoms with Crippen LogP contribution in [0.4, 0.5) is 0 Å². The minimum atomic E-state index is -1.38. The van der Waals surface area contributed by atoms with Gasteiger partial charge in [-0.1, -0.05) is 0 Å². The summed E-state index contributed by atoms with van der Waals surface area (Å²) >= 11 is 0. The van der Waals surface area contributed by atoms with E-state index < -0.39 is 18.6 Å². The first-order valence-electron chi connectivity index (χ1n) is 5.75. The third kappa shape index (κ3) is 121. The summed E-state index contributed by atoms with van der Waals surface area (Å²) in [7, 11) is 1.14. The molecule has 3 N–H and O–H groups in total. The SMILES string of the molecule is CP(C)C.CP(C)C.CP(C)C.[Ir].[NH-]C(CO)C(=O)O. The van der Waals surface area contributed by atoms with E-state index in [2.05, 4.69) is 60.0 Å². The smallest absolute Gasteiger partial charge is 0.287 e. The van der Waals surface area contributed by atoms with Gasteiger partial charge in [0.15, 0.2) is 0 Å². The molecule has 0 rings (SSSR count). The Bertz CT molecular complexity index is 163. The maximum absolute atomic E-state index is 9.58. The van der Waals surface area contributed by atoms with Gasteiger partial charge in [0.1, 0.15) is 0 Å². The number of carboxylic acids is 1. The van der Waals surface area contributed by atoms with Crippen LogP contribution in [0.3, 0.4) is 0 Å². The van der Waals surface area contributed by atoms with Crippen molar-refractivity contribution in [3.63, 3.8) is 0 Å². The molecular formula is C12H33IrNO3P3-. The van der Waals surface area contributed by atoms with Crippen molar-refractivity contribution in [1.82, 2.24) is 0 Å². The van der Waals surface area contributed by atoms with Gasteiger partial charge >= 0.3 is 0 Å². The van der Waals surface area contributed by atoms with Crippen molar-refractivity contribution in [3.05, 3.63) is 5.73 Å². The quantitative estimate of drug-likeness (QED) is 0.543. The molecule has 0 aromatic carbocycles. The number of rotatable bonds is 2. The molecular weight excluding hydrogens is 491 g/mol. The van der Waals surface area contributed by atoms with Gasteiger partial charge in [-0.25, -0.2) is 0 Å². The van der Waals surface area contributed by atoms with Crippen LogP contribution in [-0.2, 0) is 24.9 Å². The van der Waals surface area contributed by atoms with Crippen LogP contribution in [0.15, 0.2) is 0 Å². The summed E-state index contributed by atoms with van der Waals surface area (Å²) in [6.45, 7) is 19.5. The predicted octanol–water partition coefficient (Wildman–Crippen LogP) is 3.55. The van der Waals surface area contributed by atoms with Crippen LogP contribution in [-0.4, -0.2) is 88.8 Å². The summed E-state index contributed by atoms with van der Waals surface area (Å²) in [4.78, 5) is 9.58. The van der Waals surface area contributed by atoms with E-state index in [0.29, 0.717) is 23.8 Å². The Morgan fingerprint density at radius 1 is 0.900 bits per heavy atom. The Hall–Kier alpha value is 1.33. The van der Waals surface area contributed by atoms with Crippen molar-refractivity contribution >= 4 is 29.7 Å². The zero-order valence-electron chi connectivity index (χ0n) is 14.3. The average Bonchev–Trinajstić information content (AvgIpc) is 2.13. The van der Waals surface area contributed by atoms with E-state index in [9.17, 15) is 4.79 Å². The van der Waals surface area contributed by atoms with Gasteiger partial charge in [-0.15, -0.1) is 23.8 Å². The molecule has 0 aliphatic rings. The van der Waals surface area contributed by atoms with E-state index in [1.54, 1.807) is 0 Å². The van der Waals surface area contributed by atoms with Crippen LogP contribution >= 0.6 is 23.8 Å². The minimum absolute atomic E-state index is 0. The van der Waals surface area contributed by atoms with E-state index in [0.717, 1.165) is 0 Å². The standard InChI is InChI=1S/C3H6NO3.3C3H9P.Ir/c4-2(1-5)3(6)7;3*1-4(2)3;/h2,4-5H,1H2,(H,6,7);3*1-3H3;/q-1;;;;. The minimum Gasteiger partial charge on any atom is -0.663 e. The van der Waals surface area contributed by atoms with Crippen LogP contribution in [0, 0.1) is 0 Å². The summed E-state index contributed by atoms with van der Waals surface area (Å²) in [6.07, 6.45) is 0. The molecule has 1 atom stereocenters. The second kappa shape index (κ2) is 25.3. The third-order valence-electron chi connectivity index (χ3n) is 0.481. The molecule has 0 saturated carbocycles. The number of hydrogen-bond acceptors (Lipinski definition) is 2. The van der Waals surface area contributed by atoms with Gasteiger partial charge in [-0.05, 0) is 66.0 Å². The van der Waals surface area contributed by atoms with Crippen molar-refractivity contribution in [2.24, 2.45) is 0 Å². The molecule has 1 unspecified atom stereocenters. The fourth-order valence-corrected chi connectivity index (χ4v) is 0.0781. The van der Waals surface area contributed by atoms with Crippen molar-refractivity contribution in [1.29, 1.82) is 0 Å². The summed E-state index contributed by atoms with van der Waals surface area (Å²) < 4.78 is 0. The first-order valence-corrected chi connectivity index (χ1v) is 13.8. The normalized spacial score (nSPS) is 10.1. The second-order valence-corrected chi connectivity index (χ2v) is 13.1. The Kier molecular flexibility index (Phi) is 41.8. The molecule has 0 aliphatic heterocycles. The molecule has 20 heavy (non-hydrogen) atoms. The molecule has 0 aromatic rings. The monoisotopic (exact) mass is 525 g/mol. The van der Waals surface area contributed by atoms with Gasteiger partial charge in [-0.3, -0.25) is 4.79 Å². The summed E-state index contributed by atoms with van der Waals surface area (Å²) in [6, 6.07) is -1.38. The Labute approximate surface area is 143 Å². The summed E-state index contributed by atoms with van der Waals surface area (Å²) in [5.74, 6) is -1.29. The Morgan fingerprint density at radius 2 is 1.05 bits per heavy atom. The molecule has 0 spiro atoms. The number of carboxylic acid groups (broad SMARTS) is 1. The van der Waals surface area contributed by atoms with E-state index in [4.69, 9.17) is 15.9 Å². The maximum atomic E-state index is 9.58. The zero-order chi connectivity index (χ0) is 16.6. The molecule has 0 amide bonds. The van der Waals surface area contributed by atoms with E-state index in [1.165, 1.54) is 0 Å². The predicted molar refractivity (Wildman–Crippen MR) is 96.9 cm³/mol. The van der Waals surface area contributed by atoms with Crippen LogP contribution in [0.1, 0.15) is 0 Å². The summed E-state index contributed by atoms with van der Waals surface area (Å²) in [5.41, 5.74) is 6.43. The molecule has 0 aromatic heterocycles. The molecule has 129 valence electrons. The van der Waals surface area contributed by atoms with Crippen molar-refractivity contribution < 1.29 is 35.1 Å². The molecule has 8 heteroatoms. The Morgan fingerprint density at radius 3 is 1.05 bits per heavy atom. The largest absolute Gasteiger partial charge is 0.663 e. The molecule has 0 fully saturated rings. The van der Waals surface area contributed by atoms with Crippen LogP contribution in [0.25, 0.3) is 5.73 Å². The van der Waals surface area contributed by atoms with E-state index in [-0.39, 0.29) is 20.1 Å². The molecule has 1 radical (unpaired) electrons. The molecule has 4 nitrogen and oxygen atoms in total. The Balaban J connectivity index is -0.0000000512. The maximum Gasteiger partial charge on any atom is 0.287 e. The van der Waals surface area contributed by atoms with Crippen molar-refractivity contribution in [2.75, 3.05) is 66.6 Å². The number of carbonyl (C=O) groups is 1.